The number of fused-ring (bicyclic) bond motifs is 1. The highest BCUT2D eigenvalue weighted by atomic mass is 16.5. The minimum Gasteiger partial charge on any atom is -0.497 e. The molecule has 1 N–H and O–H groups in total. The third-order valence-corrected chi connectivity index (χ3v) is 6.99. The third kappa shape index (κ3) is 4.48. The summed E-state index contributed by atoms with van der Waals surface area (Å²) in [6.07, 6.45) is 0. The van der Waals surface area contributed by atoms with Crippen LogP contribution in [0.2, 0.25) is 0 Å². The van der Waals surface area contributed by atoms with E-state index in [0.29, 0.717) is 22.4 Å². The Hall–Kier alpha value is -4.96. The van der Waals surface area contributed by atoms with Crippen molar-refractivity contribution >= 4 is 23.8 Å². The molecule has 10 nitrogen and oxygen atoms in total. The zero-order valence-electron chi connectivity index (χ0n) is 22.1. The fraction of sp³-hybridized carbons (Fsp3) is 0.200. The summed E-state index contributed by atoms with van der Waals surface area (Å²) in [4.78, 5) is 53.8. The maximum Gasteiger partial charge on any atom is 0.356 e. The van der Waals surface area contributed by atoms with Gasteiger partial charge in [0, 0.05) is 5.56 Å². The zero-order valence-corrected chi connectivity index (χ0v) is 22.1. The van der Waals surface area contributed by atoms with Crippen LogP contribution < -0.4 is 10.1 Å². The van der Waals surface area contributed by atoms with Crippen LogP contribution in [0.4, 0.5) is 0 Å². The lowest BCUT2D eigenvalue weighted by atomic mass is 9.92. The predicted molar refractivity (Wildman–Crippen MR) is 142 cm³/mol. The van der Waals surface area contributed by atoms with E-state index < -0.39 is 41.9 Å². The number of hydrogen-bond donors (Lipinski definition) is 1. The summed E-state index contributed by atoms with van der Waals surface area (Å²) in [5.41, 5.74) is 1.33. The van der Waals surface area contributed by atoms with Crippen LogP contribution >= 0.6 is 0 Å². The molecule has 2 aliphatic heterocycles. The highest BCUT2D eigenvalue weighted by Gasteiger charge is 2.60. The normalized spacial score (nSPS) is 20.2. The highest BCUT2D eigenvalue weighted by Crippen LogP contribution is 2.51. The average molecular weight is 542 g/mol. The second kappa shape index (κ2) is 11.0. The first-order chi connectivity index (χ1) is 19.4. The van der Waals surface area contributed by atoms with E-state index in [1.165, 1.54) is 21.3 Å². The van der Waals surface area contributed by atoms with Crippen LogP contribution in [-0.4, -0.2) is 61.1 Å². The van der Waals surface area contributed by atoms with E-state index in [9.17, 15) is 19.2 Å². The van der Waals surface area contributed by atoms with Crippen molar-refractivity contribution in [2.75, 3.05) is 21.3 Å². The molecule has 5 rings (SSSR count). The molecule has 2 amide bonds. The average Bonchev–Trinajstić information content (AvgIpc) is 3.49. The molecule has 1 saturated heterocycles. The van der Waals surface area contributed by atoms with Gasteiger partial charge in [0.15, 0.2) is 5.70 Å². The summed E-state index contributed by atoms with van der Waals surface area (Å²) >= 11 is 0. The van der Waals surface area contributed by atoms with Gasteiger partial charge in [-0.25, -0.2) is 14.6 Å². The summed E-state index contributed by atoms with van der Waals surface area (Å²) in [5, 5.41) is 5.64. The molecule has 204 valence electrons. The molecule has 0 unspecified atom stereocenters. The summed E-state index contributed by atoms with van der Waals surface area (Å²) in [7, 11) is 3.90. The van der Waals surface area contributed by atoms with Crippen molar-refractivity contribution in [3.63, 3.8) is 0 Å². The molecule has 0 aliphatic carbocycles. The number of nitrogens with zero attached hydrogens (tertiary/aromatic N) is 2. The molecule has 2 heterocycles. The van der Waals surface area contributed by atoms with E-state index in [-0.39, 0.29) is 11.3 Å². The molecule has 10 heteroatoms. The maximum absolute atomic E-state index is 14.2. The van der Waals surface area contributed by atoms with Gasteiger partial charge in [-0.2, -0.15) is 5.01 Å². The van der Waals surface area contributed by atoms with Crippen LogP contribution in [-0.2, 0) is 23.9 Å². The minimum absolute atomic E-state index is 0.0540. The van der Waals surface area contributed by atoms with Crippen LogP contribution in [0.25, 0.3) is 0 Å². The molecular formula is C30H27N3O7. The van der Waals surface area contributed by atoms with E-state index >= 15 is 0 Å². The quantitative estimate of drug-likeness (QED) is 0.454. The van der Waals surface area contributed by atoms with Gasteiger partial charge >= 0.3 is 11.9 Å². The number of benzene rings is 3. The van der Waals surface area contributed by atoms with Crippen molar-refractivity contribution in [2.24, 2.45) is 0 Å². The summed E-state index contributed by atoms with van der Waals surface area (Å²) in [6.45, 7) is 0. The molecule has 0 radical (unpaired) electrons. The Balaban J connectivity index is 1.71. The van der Waals surface area contributed by atoms with E-state index in [2.05, 4.69) is 5.32 Å². The first-order valence-electron chi connectivity index (χ1n) is 12.5. The van der Waals surface area contributed by atoms with Crippen LogP contribution in [0.15, 0.2) is 96.2 Å². The Kier molecular flexibility index (Phi) is 7.35. The number of nitrogens with one attached hydrogen (secondary N) is 1. The Morgan fingerprint density at radius 2 is 1.35 bits per heavy atom. The minimum atomic E-state index is -1.10. The predicted octanol–water partition coefficient (Wildman–Crippen LogP) is 2.95. The molecule has 0 spiro atoms. The van der Waals surface area contributed by atoms with Crippen LogP contribution in [0.1, 0.15) is 33.6 Å². The summed E-state index contributed by atoms with van der Waals surface area (Å²) in [5.74, 6) is -2.16. The van der Waals surface area contributed by atoms with Crippen molar-refractivity contribution in [1.82, 2.24) is 15.3 Å². The number of ether oxygens (including phenoxy) is 3. The third-order valence-electron chi connectivity index (χ3n) is 6.99. The van der Waals surface area contributed by atoms with Gasteiger partial charge in [-0.05, 0) is 35.4 Å². The van der Waals surface area contributed by atoms with E-state index in [1.54, 1.807) is 59.6 Å². The number of rotatable bonds is 7. The van der Waals surface area contributed by atoms with E-state index in [1.807, 2.05) is 30.3 Å². The first-order valence-corrected chi connectivity index (χ1v) is 12.5. The Labute approximate surface area is 230 Å². The number of methoxy groups -OCH3 is 3. The number of hydrazine groups is 1. The van der Waals surface area contributed by atoms with Crippen LogP contribution in [0, 0.1) is 0 Å². The smallest absolute Gasteiger partial charge is 0.356 e. The number of amides is 2. The second-order valence-corrected chi connectivity index (χ2v) is 9.12. The van der Waals surface area contributed by atoms with Gasteiger partial charge in [0.1, 0.15) is 11.8 Å². The standard InChI is InChI=1S/C30H27N3O7/c1-38-21-16-14-19(15-17-21)24-22(29(36)39-2)26(30(37)40-3)33-28(35)23(31-27(34)20-12-8-5-9-13-20)25(32(24)33)18-10-6-4-7-11-18/h4-17,23-25H,1-3H3,(H,31,34)/t23-,24+,25-/m0/s1. The fourth-order valence-electron chi connectivity index (χ4n) is 5.20. The largest absolute Gasteiger partial charge is 0.497 e. The van der Waals surface area contributed by atoms with Gasteiger partial charge in [0.05, 0.1) is 39.0 Å². The first kappa shape index (κ1) is 26.6. The van der Waals surface area contributed by atoms with Gasteiger partial charge in [0.2, 0.25) is 0 Å². The zero-order chi connectivity index (χ0) is 28.4. The molecule has 40 heavy (non-hydrogen) atoms. The topological polar surface area (TPSA) is 114 Å². The molecule has 0 saturated carbocycles. The molecule has 3 aromatic carbocycles. The fourth-order valence-corrected chi connectivity index (χ4v) is 5.20. The number of esters is 2. The number of carbonyl (C=O) groups is 4. The van der Waals surface area contributed by atoms with Gasteiger partial charge in [-0.1, -0.05) is 60.7 Å². The van der Waals surface area contributed by atoms with Crippen molar-refractivity contribution < 1.29 is 33.4 Å². The lowest BCUT2D eigenvalue weighted by Gasteiger charge is -2.33. The summed E-state index contributed by atoms with van der Waals surface area (Å²) in [6, 6.07) is 21.7. The molecule has 1 fully saturated rings. The van der Waals surface area contributed by atoms with E-state index in [4.69, 9.17) is 14.2 Å². The lowest BCUT2D eigenvalue weighted by molar-refractivity contribution is -0.146. The van der Waals surface area contributed by atoms with Crippen LogP contribution in [0.3, 0.4) is 0 Å². The van der Waals surface area contributed by atoms with Crippen molar-refractivity contribution in [2.45, 2.75) is 18.1 Å². The monoisotopic (exact) mass is 541 g/mol. The Morgan fingerprint density at radius 1 is 0.750 bits per heavy atom. The Morgan fingerprint density at radius 3 is 1.93 bits per heavy atom. The van der Waals surface area contributed by atoms with Crippen molar-refractivity contribution in [3.05, 3.63) is 113 Å². The molecular weight excluding hydrogens is 514 g/mol. The highest BCUT2D eigenvalue weighted by molar-refractivity contribution is 6.07. The van der Waals surface area contributed by atoms with Gasteiger partial charge in [-0.15, -0.1) is 0 Å². The number of hydrogen-bond acceptors (Lipinski definition) is 8. The molecule has 3 atom stereocenters. The van der Waals surface area contributed by atoms with Crippen molar-refractivity contribution in [3.8, 4) is 5.75 Å². The van der Waals surface area contributed by atoms with Gasteiger partial charge in [-0.3, -0.25) is 9.59 Å². The van der Waals surface area contributed by atoms with Gasteiger partial charge < -0.3 is 19.5 Å². The summed E-state index contributed by atoms with van der Waals surface area (Å²) < 4.78 is 15.4. The van der Waals surface area contributed by atoms with Gasteiger partial charge in [0.25, 0.3) is 11.8 Å². The second-order valence-electron chi connectivity index (χ2n) is 9.12. The van der Waals surface area contributed by atoms with E-state index in [0.717, 1.165) is 5.01 Å². The molecule has 2 aliphatic rings. The van der Waals surface area contributed by atoms with Crippen molar-refractivity contribution in [1.29, 1.82) is 0 Å². The molecule has 0 bridgehead atoms. The van der Waals surface area contributed by atoms with Crippen LogP contribution in [0.5, 0.6) is 5.75 Å². The number of carbonyl (C=O) groups excluding carboxylic acids is 4. The lowest BCUT2D eigenvalue weighted by Crippen LogP contribution is -2.44. The molecule has 3 aromatic rings. The Bertz CT molecular complexity index is 1470. The SMILES string of the molecule is COC(=O)C1=C(C(=O)OC)N2C(=O)[C@@H](NC(=O)c3ccccc3)[C@H](c3ccccc3)N2[C@@H]1c1ccc(OC)cc1. The molecule has 0 aromatic heterocycles. The maximum atomic E-state index is 14.2.